The Balaban J connectivity index is 1.33. The van der Waals surface area contributed by atoms with Gasteiger partial charge in [-0.3, -0.25) is 13.9 Å². The van der Waals surface area contributed by atoms with Crippen molar-refractivity contribution < 1.29 is 9.53 Å². The minimum Gasteiger partial charge on any atom is -0.457 e. The maximum absolute atomic E-state index is 14.0. The zero-order chi connectivity index (χ0) is 27.6. The van der Waals surface area contributed by atoms with Crippen LogP contribution in [0.1, 0.15) is 38.1 Å². The van der Waals surface area contributed by atoms with E-state index in [0.29, 0.717) is 41.5 Å². The van der Waals surface area contributed by atoms with Gasteiger partial charge in [0.05, 0.1) is 17.2 Å². The molecule has 2 aliphatic rings. The van der Waals surface area contributed by atoms with Crippen molar-refractivity contribution in [1.82, 2.24) is 19.0 Å². The SMILES string of the molecule is N#CC(=CC1CCC1)C(=O)N1CCC[C@@H](n2c(=O)n(-c3ccc(Oc4ccccc4)cc3)c3c(N)nccc32)C1. The number of benzene rings is 2. The predicted molar refractivity (Wildman–Crippen MR) is 152 cm³/mol. The molecule has 2 aromatic heterocycles. The van der Waals surface area contributed by atoms with Crippen LogP contribution in [0, 0.1) is 17.2 Å². The number of pyridine rings is 1. The van der Waals surface area contributed by atoms with Crippen molar-refractivity contribution in [2.24, 2.45) is 5.92 Å². The van der Waals surface area contributed by atoms with Crippen LogP contribution in [-0.2, 0) is 4.79 Å². The molecule has 1 saturated heterocycles. The number of carbonyl (C=O) groups is 1. The summed E-state index contributed by atoms with van der Waals surface area (Å²) in [7, 11) is 0. The van der Waals surface area contributed by atoms with Crippen molar-refractivity contribution in [2.45, 2.75) is 38.1 Å². The van der Waals surface area contributed by atoms with E-state index in [1.165, 1.54) is 0 Å². The summed E-state index contributed by atoms with van der Waals surface area (Å²) < 4.78 is 9.21. The molecule has 6 rings (SSSR count). The van der Waals surface area contributed by atoms with Gasteiger partial charge in [-0.25, -0.2) is 9.78 Å². The standard InChI is InChI=1S/C31H30N6O3/c32-19-22(18-21-6-4-7-21)30(38)35-17-5-8-24(20-35)36-27-15-16-34-29(33)28(27)37(31(36)39)23-11-13-26(14-12-23)40-25-9-2-1-3-10-25/h1-3,9-16,18,21,24H,4-8,17,20H2,(H2,33,34)/t24-/m1/s1. The number of nitriles is 1. The number of ether oxygens (including phenoxy) is 1. The average Bonchev–Trinajstić information content (AvgIpc) is 3.26. The van der Waals surface area contributed by atoms with Crippen LogP contribution >= 0.6 is 0 Å². The molecule has 1 aliphatic heterocycles. The van der Waals surface area contributed by atoms with Gasteiger partial charge in [-0.05, 0) is 74.1 Å². The smallest absolute Gasteiger partial charge is 0.334 e. The lowest BCUT2D eigenvalue weighted by molar-refractivity contribution is -0.128. The molecule has 2 N–H and O–H groups in total. The fraction of sp³-hybridized carbons (Fsp3) is 0.290. The Morgan fingerprint density at radius 2 is 1.77 bits per heavy atom. The summed E-state index contributed by atoms with van der Waals surface area (Å²) in [6, 6.07) is 20.4. The normalized spacial score (nSPS) is 17.8. The van der Waals surface area contributed by atoms with E-state index in [4.69, 9.17) is 10.5 Å². The maximum atomic E-state index is 14.0. The average molecular weight is 535 g/mol. The molecule has 2 fully saturated rings. The number of nitrogen functional groups attached to an aromatic ring is 1. The van der Waals surface area contributed by atoms with Gasteiger partial charge in [-0.2, -0.15) is 5.26 Å². The van der Waals surface area contributed by atoms with E-state index in [2.05, 4.69) is 11.1 Å². The van der Waals surface area contributed by atoms with E-state index < -0.39 is 0 Å². The van der Waals surface area contributed by atoms with Gasteiger partial charge in [0, 0.05) is 19.3 Å². The first kappa shape index (κ1) is 25.4. The lowest BCUT2D eigenvalue weighted by Crippen LogP contribution is -2.43. The number of hydrogen-bond donors (Lipinski definition) is 1. The van der Waals surface area contributed by atoms with Crippen molar-refractivity contribution >= 4 is 22.8 Å². The third kappa shape index (κ3) is 4.73. The highest BCUT2D eigenvalue weighted by molar-refractivity contribution is 5.97. The number of hydrogen-bond acceptors (Lipinski definition) is 6. The molecule has 0 radical (unpaired) electrons. The van der Waals surface area contributed by atoms with Crippen LogP contribution in [0.5, 0.6) is 11.5 Å². The molecule has 202 valence electrons. The zero-order valence-electron chi connectivity index (χ0n) is 22.1. The second-order valence-electron chi connectivity index (χ2n) is 10.4. The van der Waals surface area contributed by atoms with Gasteiger partial charge in [0.1, 0.15) is 34.5 Å². The van der Waals surface area contributed by atoms with Gasteiger partial charge in [-0.15, -0.1) is 0 Å². The molecule has 9 nitrogen and oxygen atoms in total. The molecule has 0 unspecified atom stereocenters. The van der Waals surface area contributed by atoms with Crippen LogP contribution in [0.4, 0.5) is 5.82 Å². The first-order valence-electron chi connectivity index (χ1n) is 13.7. The van der Waals surface area contributed by atoms with E-state index in [1.54, 1.807) is 26.3 Å². The summed E-state index contributed by atoms with van der Waals surface area (Å²) in [5.41, 5.74) is 8.08. The second kappa shape index (κ2) is 10.7. The zero-order valence-corrected chi connectivity index (χ0v) is 22.1. The van der Waals surface area contributed by atoms with Crippen LogP contribution in [0.2, 0.25) is 0 Å². The number of piperidine rings is 1. The van der Waals surface area contributed by atoms with Crippen LogP contribution < -0.4 is 16.2 Å². The third-order valence-corrected chi connectivity index (χ3v) is 7.84. The summed E-state index contributed by atoms with van der Waals surface area (Å²) in [4.78, 5) is 33.3. The number of para-hydroxylation sites is 1. The molecule has 4 aromatic rings. The first-order valence-corrected chi connectivity index (χ1v) is 13.7. The Bertz CT molecular complexity index is 1680. The Labute approximate surface area is 231 Å². The number of aromatic nitrogens is 3. The van der Waals surface area contributed by atoms with E-state index in [0.717, 1.165) is 37.9 Å². The number of nitrogens with zero attached hydrogens (tertiary/aromatic N) is 5. The number of fused-ring (bicyclic) bond motifs is 1. The fourth-order valence-electron chi connectivity index (χ4n) is 5.59. The van der Waals surface area contributed by atoms with Crippen LogP contribution in [0.3, 0.4) is 0 Å². The number of carbonyl (C=O) groups excluding carboxylic acids is 1. The van der Waals surface area contributed by atoms with Crippen molar-refractivity contribution in [2.75, 3.05) is 18.8 Å². The molecule has 0 spiro atoms. The van der Waals surface area contributed by atoms with Crippen molar-refractivity contribution in [3.05, 3.63) is 89.0 Å². The van der Waals surface area contributed by atoms with Gasteiger partial charge >= 0.3 is 5.69 Å². The highest BCUT2D eigenvalue weighted by Gasteiger charge is 2.31. The molecule has 3 heterocycles. The summed E-state index contributed by atoms with van der Waals surface area (Å²) in [5.74, 6) is 1.65. The number of amides is 1. The van der Waals surface area contributed by atoms with Crippen molar-refractivity contribution in [3.63, 3.8) is 0 Å². The van der Waals surface area contributed by atoms with Crippen molar-refractivity contribution in [3.8, 4) is 23.3 Å². The maximum Gasteiger partial charge on any atom is 0.334 e. The van der Waals surface area contributed by atoms with Crippen LogP contribution in [-0.4, -0.2) is 38.0 Å². The number of rotatable bonds is 6. The van der Waals surface area contributed by atoms with Gasteiger partial charge in [0.25, 0.3) is 5.91 Å². The third-order valence-electron chi connectivity index (χ3n) is 7.84. The number of imidazole rings is 1. The Morgan fingerprint density at radius 1 is 1.02 bits per heavy atom. The molecular weight excluding hydrogens is 504 g/mol. The second-order valence-corrected chi connectivity index (χ2v) is 10.4. The lowest BCUT2D eigenvalue weighted by atomic mass is 9.84. The first-order chi connectivity index (χ1) is 19.5. The van der Waals surface area contributed by atoms with Gasteiger partial charge < -0.3 is 15.4 Å². The van der Waals surface area contributed by atoms with E-state index >= 15 is 0 Å². The molecule has 1 atom stereocenters. The quantitative estimate of drug-likeness (QED) is 0.275. The lowest BCUT2D eigenvalue weighted by Gasteiger charge is -2.33. The largest absolute Gasteiger partial charge is 0.457 e. The Kier molecular flexibility index (Phi) is 6.83. The summed E-state index contributed by atoms with van der Waals surface area (Å²) >= 11 is 0. The molecule has 2 aromatic carbocycles. The molecule has 40 heavy (non-hydrogen) atoms. The molecule has 1 amide bonds. The monoisotopic (exact) mass is 534 g/mol. The molecular formula is C31H30N6O3. The molecule has 9 heteroatoms. The fourth-order valence-corrected chi connectivity index (χ4v) is 5.59. The highest BCUT2D eigenvalue weighted by atomic mass is 16.5. The van der Waals surface area contributed by atoms with Crippen LogP contribution in [0.25, 0.3) is 16.7 Å². The highest BCUT2D eigenvalue weighted by Crippen LogP contribution is 2.31. The van der Waals surface area contributed by atoms with Gasteiger partial charge in [0.2, 0.25) is 0 Å². The topological polar surface area (TPSA) is 119 Å². The number of anilines is 1. The Hall–Kier alpha value is -4.84. The summed E-state index contributed by atoms with van der Waals surface area (Å²) in [6.07, 6.45) is 8.04. The van der Waals surface area contributed by atoms with Crippen LogP contribution in [0.15, 0.2) is 83.3 Å². The van der Waals surface area contributed by atoms with E-state index in [1.807, 2.05) is 60.7 Å². The van der Waals surface area contributed by atoms with E-state index in [-0.39, 0.29) is 29.0 Å². The molecule has 1 saturated carbocycles. The number of likely N-dealkylation sites (tertiary alicyclic amines) is 1. The van der Waals surface area contributed by atoms with Gasteiger partial charge in [0.15, 0.2) is 0 Å². The molecule has 1 aliphatic carbocycles. The van der Waals surface area contributed by atoms with Crippen molar-refractivity contribution in [1.29, 1.82) is 5.26 Å². The predicted octanol–water partition coefficient (Wildman–Crippen LogP) is 4.98. The van der Waals surface area contributed by atoms with Gasteiger partial charge in [-0.1, -0.05) is 30.7 Å². The minimum absolute atomic E-state index is 0.200. The summed E-state index contributed by atoms with van der Waals surface area (Å²) in [6.45, 7) is 0.895. The number of allylic oxidation sites excluding steroid dienone is 1. The molecule has 0 bridgehead atoms. The minimum atomic E-state index is -0.264. The summed E-state index contributed by atoms with van der Waals surface area (Å²) in [5, 5.41) is 9.67. The van der Waals surface area contributed by atoms with E-state index in [9.17, 15) is 14.9 Å². The Morgan fingerprint density at radius 3 is 2.48 bits per heavy atom. The number of nitrogens with two attached hydrogens (primary N) is 1.